The molecule has 0 radical (unpaired) electrons. The van der Waals surface area contributed by atoms with Crippen molar-refractivity contribution in [3.05, 3.63) is 130 Å². The van der Waals surface area contributed by atoms with Crippen LogP contribution in [-0.4, -0.2) is 65.6 Å². The molecule has 1 aliphatic heterocycles. The van der Waals surface area contributed by atoms with Crippen LogP contribution >= 0.6 is 7.60 Å². The van der Waals surface area contributed by atoms with Gasteiger partial charge in [-0.05, 0) is 56.3 Å². The molecule has 14 heteroatoms. The van der Waals surface area contributed by atoms with Crippen LogP contribution in [0.2, 0.25) is 0 Å². The van der Waals surface area contributed by atoms with Crippen molar-refractivity contribution in [2.45, 2.75) is 38.4 Å². The van der Waals surface area contributed by atoms with Gasteiger partial charge in [0.05, 0.1) is 29.9 Å². The third-order valence-electron chi connectivity index (χ3n) is 7.15. The van der Waals surface area contributed by atoms with Gasteiger partial charge in [0.2, 0.25) is 0 Å². The molecule has 0 N–H and O–H groups in total. The lowest BCUT2D eigenvalue weighted by Crippen LogP contribution is -2.43. The minimum absolute atomic E-state index is 0.0309. The van der Waals surface area contributed by atoms with E-state index < -0.39 is 62.3 Å². The van der Waals surface area contributed by atoms with Crippen molar-refractivity contribution in [3.63, 3.8) is 0 Å². The summed E-state index contributed by atoms with van der Waals surface area (Å²) in [4.78, 5) is 57.0. The van der Waals surface area contributed by atoms with E-state index in [2.05, 4.69) is 4.98 Å². The van der Waals surface area contributed by atoms with E-state index in [4.69, 9.17) is 28.0 Å². The summed E-state index contributed by atoms with van der Waals surface area (Å²) < 4.78 is 48.5. The van der Waals surface area contributed by atoms with E-state index >= 15 is 0 Å². The van der Waals surface area contributed by atoms with Gasteiger partial charge in [0.1, 0.15) is 12.7 Å². The molecule has 0 unspecified atom stereocenters. The number of aromatic nitrogens is 2. The first-order chi connectivity index (χ1) is 23.2. The summed E-state index contributed by atoms with van der Waals surface area (Å²) in [6, 6.07) is 25.6. The smallest absolute Gasteiger partial charge is 0.379 e. The summed E-state index contributed by atoms with van der Waals surface area (Å²) in [6.07, 6.45) is -4.23. The fraction of sp³-hybridized carbons (Fsp3) is 0.265. The summed E-state index contributed by atoms with van der Waals surface area (Å²) in [5.41, 5.74) is -0.545. The van der Waals surface area contributed by atoms with Crippen LogP contribution in [0.4, 0.5) is 0 Å². The summed E-state index contributed by atoms with van der Waals surface area (Å²) in [7, 11) is -3.93. The van der Waals surface area contributed by atoms with Crippen LogP contribution in [0.15, 0.2) is 108 Å². The molecule has 4 aromatic rings. The maximum absolute atomic E-state index is 13.5. The highest BCUT2D eigenvalue weighted by Gasteiger charge is 2.52. The van der Waals surface area contributed by atoms with Crippen LogP contribution in [0.25, 0.3) is 0 Å². The van der Waals surface area contributed by atoms with Gasteiger partial charge in [0.25, 0.3) is 0 Å². The van der Waals surface area contributed by atoms with Gasteiger partial charge in [0, 0.05) is 6.20 Å². The third-order valence-corrected chi connectivity index (χ3v) is 9.15. The fourth-order valence-electron chi connectivity index (χ4n) is 4.94. The zero-order chi connectivity index (χ0) is 34.1. The van der Waals surface area contributed by atoms with Gasteiger partial charge in [-0.3, -0.25) is 9.13 Å². The molecule has 250 valence electrons. The molecule has 0 aliphatic carbocycles. The molecular formula is C34H33N2O11P. The van der Waals surface area contributed by atoms with E-state index in [0.717, 1.165) is 4.57 Å². The molecular weight excluding hydrogens is 643 g/mol. The van der Waals surface area contributed by atoms with Crippen molar-refractivity contribution in [1.29, 1.82) is 0 Å². The Balaban J connectivity index is 1.53. The van der Waals surface area contributed by atoms with Gasteiger partial charge in [-0.15, -0.1) is 0 Å². The third kappa shape index (κ3) is 7.95. The first kappa shape index (κ1) is 34.4. The average molecular weight is 677 g/mol. The lowest BCUT2D eigenvalue weighted by atomic mass is 10.1. The molecule has 48 heavy (non-hydrogen) atoms. The Morgan fingerprint density at radius 1 is 0.729 bits per heavy atom. The summed E-state index contributed by atoms with van der Waals surface area (Å²) >= 11 is 0. The van der Waals surface area contributed by atoms with Crippen molar-refractivity contribution in [1.82, 2.24) is 9.55 Å². The van der Waals surface area contributed by atoms with E-state index in [1.807, 2.05) is 0 Å². The van der Waals surface area contributed by atoms with Crippen LogP contribution in [0.5, 0.6) is 0 Å². The van der Waals surface area contributed by atoms with Crippen molar-refractivity contribution >= 4 is 30.9 Å². The number of carbonyl (C=O) groups excluding carboxylic acids is 3. The largest absolute Gasteiger partial charge is 0.459 e. The summed E-state index contributed by atoms with van der Waals surface area (Å²) in [6.45, 7) is 2.85. The van der Waals surface area contributed by atoms with Crippen molar-refractivity contribution in [2.24, 2.45) is 0 Å². The average Bonchev–Trinajstić information content (AvgIpc) is 3.43. The highest BCUT2D eigenvalue weighted by molar-refractivity contribution is 7.61. The maximum atomic E-state index is 13.5. The van der Waals surface area contributed by atoms with Crippen LogP contribution in [0.1, 0.15) is 51.1 Å². The van der Waals surface area contributed by atoms with Crippen molar-refractivity contribution in [3.8, 4) is 0 Å². The second-order valence-electron chi connectivity index (χ2n) is 10.3. The molecule has 1 aromatic heterocycles. The van der Waals surface area contributed by atoms with Gasteiger partial charge >= 0.3 is 31.2 Å². The minimum atomic E-state index is -3.93. The molecule has 1 aliphatic rings. The second kappa shape index (κ2) is 15.8. The summed E-state index contributed by atoms with van der Waals surface area (Å²) in [5.74, 6) is -2.26. The summed E-state index contributed by atoms with van der Waals surface area (Å²) in [5, 5.41) is 0. The Hall–Kier alpha value is -4.94. The number of hydrogen-bond donors (Lipinski definition) is 0. The van der Waals surface area contributed by atoms with Crippen LogP contribution < -0.4 is 11.1 Å². The monoisotopic (exact) mass is 676 g/mol. The minimum Gasteiger partial charge on any atom is -0.459 e. The number of hydrogen-bond acceptors (Lipinski definition) is 12. The van der Waals surface area contributed by atoms with Gasteiger partial charge < -0.3 is 28.0 Å². The number of benzene rings is 3. The zero-order valence-corrected chi connectivity index (χ0v) is 27.0. The molecule has 13 nitrogen and oxygen atoms in total. The SMILES string of the molecule is CCOP(=O)(OCC)c1ccn([C@@H]2O[C@H](COC(=O)c3ccccc3)[C@@H](OC(=O)c3ccccc3)[C@H]2OC(=O)c2ccccc2)c(=O)n1. The molecule has 1 saturated heterocycles. The standard InChI is InChI=1S/C34H33N2O11P/c1-3-43-48(41,44-4-2)27-20-21-36(34(40)35-27)30-29(47-33(39)25-18-12-7-13-19-25)28(46-32(38)24-16-10-6-11-17-24)26(45-30)22-42-31(37)23-14-8-5-9-15-23/h5-21,26,28-30H,3-4,22H2,1-2H3/t26-,28-,29-,30-/m1/s1. The lowest BCUT2D eigenvalue weighted by molar-refractivity contribution is -0.0639. The van der Waals surface area contributed by atoms with E-state index in [-0.39, 0.29) is 35.3 Å². The Morgan fingerprint density at radius 3 is 1.69 bits per heavy atom. The molecule has 0 spiro atoms. The number of ether oxygens (including phenoxy) is 4. The van der Waals surface area contributed by atoms with Gasteiger partial charge in [-0.1, -0.05) is 54.6 Å². The predicted octanol–water partition coefficient (Wildman–Crippen LogP) is 4.34. The lowest BCUT2D eigenvalue weighted by Gasteiger charge is -2.25. The quantitative estimate of drug-likeness (QED) is 0.112. The zero-order valence-electron chi connectivity index (χ0n) is 26.1. The van der Waals surface area contributed by atoms with E-state index in [1.165, 1.54) is 36.5 Å². The normalized spacial score (nSPS) is 19.0. The number of rotatable bonds is 13. The molecule has 5 rings (SSSR count). The number of esters is 3. The molecule has 3 aromatic carbocycles. The highest BCUT2D eigenvalue weighted by atomic mass is 31.2. The van der Waals surface area contributed by atoms with Gasteiger partial charge in [0.15, 0.2) is 23.9 Å². The Labute approximate surface area is 275 Å². The Kier molecular flexibility index (Phi) is 11.3. The maximum Gasteiger partial charge on any atom is 0.379 e. The van der Waals surface area contributed by atoms with E-state index in [9.17, 15) is 23.7 Å². The van der Waals surface area contributed by atoms with Crippen LogP contribution in [0, 0.1) is 0 Å². The topological polar surface area (TPSA) is 159 Å². The predicted molar refractivity (Wildman–Crippen MR) is 171 cm³/mol. The van der Waals surface area contributed by atoms with Crippen molar-refractivity contribution in [2.75, 3.05) is 19.8 Å². The highest BCUT2D eigenvalue weighted by Crippen LogP contribution is 2.46. The fourth-order valence-corrected chi connectivity index (χ4v) is 6.42. The second-order valence-corrected chi connectivity index (χ2v) is 12.3. The van der Waals surface area contributed by atoms with Crippen LogP contribution in [-0.2, 0) is 32.6 Å². The molecule has 0 amide bonds. The van der Waals surface area contributed by atoms with Gasteiger partial charge in [-0.25, -0.2) is 19.2 Å². The van der Waals surface area contributed by atoms with E-state index in [1.54, 1.807) is 80.6 Å². The Bertz CT molecular complexity index is 1810. The van der Waals surface area contributed by atoms with E-state index in [0.29, 0.717) is 0 Å². The van der Waals surface area contributed by atoms with Crippen molar-refractivity contribution < 1.29 is 46.9 Å². The number of carbonyl (C=O) groups is 3. The molecule has 0 saturated carbocycles. The van der Waals surface area contributed by atoms with Gasteiger partial charge in [-0.2, -0.15) is 4.98 Å². The first-order valence-corrected chi connectivity index (χ1v) is 16.7. The van der Waals surface area contributed by atoms with Crippen LogP contribution in [0.3, 0.4) is 0 Å². The molecule has 0 bridgehead atoms. The first-order valence-electron chi connectivity index (χ1n) is 15.1. The molecule has 4 atom stereocenters. The Morgan fingerprint density at radius 2 is 1.21 bits per heavy atom. The molecule has 1 fully saturated rings. The number of nitrogens with zero attached hydrogens (tertiary/aromatic N) is 2. The molecule has 2 heterocycles.